The van der Waals surface area contributed by atoms with Crippen LogP contribution in [-0.2, 0) is 0 Å². The minimum Gasteiger partial charge on any atom is -0.352 e. The van der Waals surface area contributed by atoms with Gasteiger partial charge in [0.1, 0.15) is 5.82 Å². The molecule has 94 valence electrons. The van der Waals surface area contributed by atoms with Crippen LogP contribution in [0.2, 0.25) is 0 Å². The van der Waals surface area contributed by atoms with Gasteiger partial charge in [0, 0.05) is 16.7 Å². The molecule has 0 aromatic heterocycles. The van der Waals surface area contributed by atoms with Crippen molar-refractivity contribution in [2.45, 2.75) is 23.5 Å². The van der Waals surface area contributed by atoms with Gasteiger partial charge in [-0.05, 0) is 30.9 Å². The normalized spacial score (nSPS) is 12.2. The van der Waals surface area contributed by atoms with Crippen molar-refractivity contribution in [3.05, 3.63) is 29.6 Å². The number of hydrogen-bond donors (Lipinski definition) is 2. The van der Waals surface area contributed by atoms with Crippen molar-refractivity contribution in [2.75, 3.05) is 12.8 Å². The number of carbonyl (C=O) groups is 1. The summed E-state index contributed by atoms with van der Waals surface area (Å²) in [4.78, 5) is 12.3. The predicted octanol–water partition coefficient (Wildman–Crippen LogP) is 2.99. The average Bonchev–Trinajstić information content (AvgIpc) is 2.31. The molecule has 0 aliphatic carbocycles. The lowest BCUT2D eigenvalue weighted by Crippen LogP contribution is -2.26. The second-order valence-corrected chi connectivity index (χ2v) is 5.55. The summed E-state index contributed by atoms with van der Waals surface area (Å²) in [5.74, 6) is -0.898. The third-order valence-electron chi connectivity index (χ3n) is 2.43. The first-order valence-corrected chi connectivity index (χ1v) is 7.07. The Morgan fingerprint density at radius 3 is 2.94 bits per heavy atom. The molecule has 17 heavy (non-hydrogen) atoms. The average molecular weight is 273 g/mol. The van der Waals surface area contributed by atoms with E-state index in [1.807, 2.05) is 6.26 Å². The van der Waals surface area contributed by atoms with Gasteiger partial charge in [0.2, 0.25) is 0 Å². The maximum atomic E-state index is 13.4. The highest BCUT2D eigenvalue weighted by atomic mass is 32.2. The number of nitrogens with one attached hydrogen (secondary N) is 1. The Hall–Kier alpha value is -0.680. The molecule has 0 saturated heterocycles. The standard InChI is InChI=1S/C12H16FNOS2/c1-8(17-2)5-6-14-12(15)10-7-9(16)3-4-11(10)13/h3-4,7-8,16H,5-6H2,1-2H3,(H,14,15). The Balaban J connectivity index is 2.55. The first kappa shape index (κ1) is 14.4. The summed E-state index contributed by atoms with van der Waals surface area (Å²) in [6, 6.07) is 4.21. The monoisotopic (exact) mass is 273 g/mol. The highest BCUT2D eigenvalue weighted by molar-refractivity contribution is 7.99. The van der Waals surface area contributed by atoms with Crippen LogP contribution in [0.5, 0.6) is 0 Å². The number of carbonyl (C=O) groups excluding carboxylic acids is 1. The van der Waals surface area contributed by atoms with E-state index in [0.29, 0.717) is 16.7 Å². The van der Waals surface area contributed by atoms with Crippen LogP contribution in [0.25, 0.3) is 0 Å². The molecule has 2 nitrogen and oxygen atoms in total. The maximum absolute atomic E-state index is 13.4. The highest BCUT2D eigenvalue weighted by Crippen LogP contribution is 2.13. The van der Waals surface area contributed by atoms with Crippen molar-refractivity contribution < 1.29 is 9.18 Å². The fourth-order valence-electron chi connectivity index (χ4n) is 1.29. The lowest BCUT2D eigenvalue weighted by Gasteiger charge is -2.09. The summed E-state index contributed by atoms with van der Waals surface area (Å²) in [6.45, 7) is 2.64. The molecule has 1 amide bonds. The molecule has 1 unspecified atom stereocenters. The minimum absolute atomic E-state index is 0.0503. The summed E-state index contributed by atoms with van der Waals surface area (Å²) >= 11 is 5.83. The van der Waals surface area contributed by atoms with E-state index < -0.39 is 5.82 Å². The van der Waals surface area contributed by atoms with Crippen LogP contribution < -0.4 is 5.32 Å². The van der Waals surface area contributed by atoms with E-state index in [9.17, 15) is 9.18 Å². The van der Waals surface area contributed by atoms with Gasteiger partial charge in [-0.1, -0.05) is 6.92 Å². The SMILES string of the molecule is CSC(C)CCNC(=O)c1cc(S)ccc1F. The first-order chi connectivity index (χ1) is 8.04. The Kier molecular flexibility index (Phi) is 5.85. The van der Waals surface area contributed by atoms with Crippen molar-refractivity contribution in [1.29, 1.82) is 0 Å². The van der Waals surface area contributed by atoms with E-state index in [1.165, 1.54) is 18.2 Å². The summed E-state index contributed by atoms with van der Waals surface area (Å²) < 4.78 is 13.4. The van der Waals surface area contributed by atoms with Crippen molar-refractivity contribution in [1.82, 2.24) is 5.32 Å². The van der Waals surface area contributed by atoms with Gasteiger partial charge in [0.15, 0.2) is 0 Å². The van der Waals surface area contributed by atoms with Crippen LogP contribution in [-0.4, -0.2) is 24.0 Å². The lowest BCUT2D eigenvalue weighted by molar-refractivity contribution is 0.0949. The maximum Gasteiger partial charge on any atom is 0.254 e. The molecular weight excluding hydrogens is 257 g/mol. The van der Waals surface area contributed by atoms with Crippen LogP contribution in [0.1, 0.15) is 23.7 Å². The molecule has 0 aliphatic rings. The second kappa shape index (κ2) is 6.91. The number of halogens is 1. The highest BCUT2D eigenvalue weighted by Gasteiger charge is 2.11. The molecule has 1 atom stereocenters. The van der Waals surface area contributed by atoms with Gasteiger partial charge in [0.25, 0.3) is 5.91 Å². The van der Waals surface area contributed by atoms with E-state index >= 15 is 0 Å². The third kappa shape index (κ3) is 4.60. The van der Waals surface area contributed by atoms with Gasteiger partial charge in [-0.25, -0.2) is 4.39 Å². The molecule has 1 aromatic rings. The molecule has 1 rings (SSSR count). The summed E-state index contributed by atoms with van der Waals surface area (Å²) in [5.41, 5.74) is 0.0503. The van der Waals surface area contributed by atoms with Gasteiger partial charge >= 0.3 is 0 Å². The van der Waals surface area contributed by atoms with Crippen LogP contribution >= 0.6 is 24.4 Å². The van der Waals surface area contributed by atoms with Gasteiger partial charge in [0.05, 0.1) is 5.56 Å². The fourth-order valence-corrected chi connectivity index (χ4v) is 1.85. The van der Waals surface area contributed by atoms with Crippen LogP contribution in [0.4, 0.5) is 4.39 Å². The molecule has 0 heterocycles. The molecule has 0 saturated carbocycles. The molecule has 0 fully saturated rings. The summed E-state index contributed by atoms with van der Waals surface area (Å²) in [5, 5.41) is 3.19. The van der Waals surface area contributed by atoms with E-state index in [2.05, 4.69) is 24.9 Å². The van der Waals surface area contributed by atoms with E-state index in [-0.39, 0.29) is 11.5 Å². The topological polar surface area (TPSA) is 29.1 Å². The zero-order valence-corrected chi connectivity index (χ0v) is 11.6. The van der Waals surface area contributed by atoms with Gasteiger partial charge in [-0.15, -0.1) is 12.6 Å². The number of thioether (sulfide) groups is 1. The Morgan fingerprint density at radius 1 is 1.59 bits per heavy atom. The van der Waals surface area contributed by atoms with Crippen LogP contribution in [0, 0.1) is 5.82 Å². The lowest BCUT2D eigenvalue weighted by atomic mass is 10.2. The van der Waals surface area contributed by atoms with Crippen molar-refractivity contribution in [2.24, 2.45) is 0 Å². The summed E-state index contributed by atoms with van der Waals surface area (Å²) in [7, 11) is 0. The molecule has 1 aromatic carbocycles. The Morgan fingerprint density at radius 2 is 2.29 bits per heavy atom. The van der Waals surface area contributed by atoms with Crippen LogP contribution in [0.3, 0.4) is 0 Å². The Bertz CT molecular complexity index is 398. The quantitative estimate of drug-likeness (QED) is 0.808. The van der Waals surface area contributed by atoms with E-state index in [0.717, 1.165) is 6.42 Å². The second-order valence-electron chi connectivity index (χ2n) is 3.76. The molecule has 1 N–H and O–H groups in total. The molecular formula is C12H16FNOS2. The molecule has 0 radical (unpaired) electrons. The first-order valence-electron chi connectivity index (χ1n) is 5.34. The van der Waals surface area contributed by atoms with Gasteiger partial charge in [-0.2, -0.15) is 11.8 Å². The smallest absolute Gasteiger partial charge is 0.254 e. The van der Waals surface area contributed by atoms with E-state index in [1.54, 1.807) is 11.8 Å². The fraction of sp³-hybridized carbons (Fsp3) is 0.417. The molecule has 0 bridgehead atoms. The largest absolute Gasteiger partial charge is 0.352 e. The third-order valence-corrected chi connectivity index (χ3v) is 3.75. The molecule has 5 heteroatoms. The number of hydrogen-bond acceptors (Lipinski definition) is 3. The van der Waals surface area contributed by atoms with Crippen molar-refractivity contribution in [3.63, 3.8) is 0 Å². The van der Waals surface area contributed by atoms with Crippen molar-refractivity contribution >= 4 is 30.3 Å². The van der Waals surface area contributed by atoms with E-state index in [4.69, 9.17) is 0 Å². The number of thiol groups is 1. The van der Waals surface area contributed by atoms with Gasteiger partial charge < -0.3 is 5.32 Å². The zero-order valence-electron chi connectivity index (χ0n) is 9.87. The molecule has 0 aliphatic heterocycles. The summed E-state index contributed by atoms with van der Waals surface area (Å²) in [6.07, 6.45) is 2.89. The molecule has 0 spiro atoms. The number of benzene rings is 1. The Labute approximate surface area is 111 Å². The minimum atomic E-state index is -0.516. The zero-order chi connectivity index (χ0) is 12.8. The van der Waals surface area contributed by atoms with Crippen molar-refractivity contribution in [3.8, 4) is 0 Å². The number of rotatable bonds is 5. The number of amides is 1. The van der Waals surface area contributed by atoms with Gasteiger partial charge in [-0.3, -0.25) is 4.79 Å². The predicted molar refractivity (Wildman–Crippen MR) is 73.6 cm³/mol. The van der Waals surface area contributed by atoms with Crippen LogP contribution in [0.15, 0.2) is 23.1 Å².